The standard InChI is InChI=1S/C14H26O.C2H4O2/c1-8-13(4,5)12(15)14(6,7)10-9-11(2)3;1-2(3)4/h8-9,12,15H,1,10H2,2-7H3;1H3,(H,3,4). The highest BCUT2D eigenvalue weighted by molar-refractivity contribution is 5.62. The van der Waals surface area contributed by atoms with Gasteiger partial charge < -0.3 is 10.2 Å². The molecule has 0 aromatic carbocycles. The number of aliphatic hydroxyl groups excluding tert-OH is 1. The second kappa shape index (κ2) is 8.16. The Kier molecular flexibility index (Phi) is 8.68. The monoisotopic (exact) mass is 270 g/mol. The molecule has 0 amide bonds. The highest BCUT2D eigenvalue weighted by Gasteiger charge is 2.36. The van der Waals surface area contributed by atoms with Gasteiger partial charge in [-0.05, 0) is 25.7 Å². The van der Waals surface area contributed by atoms with Crippen LogP contribution in [0.4, 0.5) is 0 Å². The summed E-state index contributed by atoms with van der Waals surface area (Å²) in [7, 11) is 0. The van der Waals surface area contributed by atoms with Crippen molar-refractivity contribution in [1.29, 1.82) is 0 Å². The number of hydrogen-bond donors (Lipinski definition) is 2. The van der Waals surface area contributed by atoms with Gasteiger partial charge in [0, 0.05) is 12.3 Å². The molecule has 1 atom stereocenters. The van der Waals surface area contributed by atoms with Crippen molar-refractivity contribution < 1.29 is 15.0 Å². The summed E-state index contributed by atoms with van der Waals surface area (Å²) in [5.74, 6) is -0.833. The predicted molar refractivity (Wildman–Crippen MR) is 81.1 cm³/mol. The second-order valence-electron chi connectivity index (χ2n) is 6.42. The Morgan fingerprint density at radius 2 is 1.58 bits per heavy atom. The number of hydrogen-bond acceptors (Lipinski definition) is 2. The van der Waals surface area contributed by atoms with Gasteiger partial charge in [-0.3, -0.25) is 4.79 Å². The summed E-state index contributed by atoms with van der Waals surface area (Å²) in [5.41, 5.74) is 0.945. The molecule has 0 aromatic heterocycles. The lowest BCUT2D eigenvalue weighted by Crippen LogP contribution is -2.40. The Bertz CT molecular complexity index is 317. The molecular formula is C16H30O3. The van der Waals surface area contributed by atoms with Crippen LogP contribution < -0.4 is 0 Å². The molecule has 19 heavy (non-hydrogen) atoms. The van der Waals surface area contributed by atoms with Crippen LogP contribution in [-0.2, 0) is 4.79 Å². The SMILES string of the molecule is C=CC(C)(C)C(O)C(C)(C)CC=C(C)C.CC(=O)O. The van der Waals surface area contributed by atoms with Gasteiger partial charge in [0.1, 0.15) is 0 Å². The van der Waals surface area contributed by atoms with Crippen molar-refractivity contribution in [2.45, 2.75) is 61.0 Å². The molecule has 112 valence electrons. The van der Waals surface area contributed by atoms with E-state index >= 15 is 0 Å². The molecule has 0 aliphatic carbocycles. The zero-order valence-electron chi connectivity index (χ0n) is 13.4. The molecule has 0 aliphatic rings. The van der Waals surface area contributed by atoms with Gasteiger partial charge in [0.15, 0.2) is 0 Å². The maximum Gasteiger partial charge on any atom is 0.300 e. The highest BCUT2D eigenvalue weighted by Crippen LogP contribution is 2.37. The normalized spacial score (nSPS) is 12.8. The summed E-state index contributed by atoms with van der Waals surface area (Å²) in [6.07, 6.45) is 4.54. The van der Waals surface area contributed by atoms with Crippen LogP contribution in [-0.4, -0.2) is 22.3 Å². The average molecular weight is 270 g/mol. The predicted octanol–water partition coefficient (Wildman–Crippen LogP) is 4.03. The van der Waals surface area contributed by atoms with Crippen LogP contribution in [0.2, 0.25) is 0 Å². The van der Waals surface area contributed by atoms with E-state index < -0.39 is 5.97 Å². The largest absolute Gasteiger partial charge is 0.481 e. The topological polar surface area (TPSA) is 57.5 Å². The van der Waals surface area contributed by atoms with Crippen molar-refractivity contribution in [3.05, 3.63) is 24.3 Å². The third-order valence-electron chi connectivity index (χ3n) is 3.01. The Morgan fingerprint density at radius 3 is 1.84 bits per heavy atom. The van der Waals surface area contributed by atoms with E-state index in [1.54, 1.807) is 0 Å². The molecule has 3 nitrogen and oxygen atoms in total. The molecule has 0 spiro atoms. The van der Waals surface area contributed by atoms with Gasteiger partial charge >= 0.3 is 0 Å². The summed E-state index contributed by atoms with van der Waals surface area (Å²) < 4.78 is 0. The fourth-order valence-electron chi connectivity index (χ4n) is 1.70. The number of carbonyl (C=O) groups is 1. The molecule has 0 fully saturated rings. The second-order valence-corrected chi connectivity index (χ2v) is 6.42. The number of carboxylic acid groups (broad SMARTS) is 1. The zero-order valence-corrected chi connectivity index (χ0v) is 13.4. The fraction of sp³-hybridized carbons (Fsp3) is 0.688. The Labute approximate surface area is 118 Å². The van der Waals surface area contributed by atoms with Gasteiger partial charge in [0.05, 0.1) is 6.10 Å². The van der Waals surface area contributed by atoms with E-state index in [0.717, 1.165) is 13.3 Å². The minimum absolute atomic E-state index is 0.116. The molecule has 1 unspecified atom stereocenters. The number of aliphatic carboxylic acids is 1. The van der Waals surface area contributed by atoms with Crippen molar-refractivity contribution in [3.8, 4) is 0 Å². The fourth-order valence-corrected chi connectivity index (χ4v) is 1.70. The van der Waals surface area contributed by atoms with Crippen LogP contribution in [0.3, 0.4) is 0 Å². The van der Waals surface area contributed by atoms with Gasteiger partial charge in [-0.25, -0.2) is 0 Å². The Hall–Kier alpha value is -1.09. The number of allylic oxidation sites excluding steroid dienone is 2. The molecule has 2 N–H and O–H groups in total. The van der Waals surface area contributed by atoms with Gasteiger partial charge in [0.25, 0.3) is 5.97 Å². The molecule has 0 saturated heterocycles. The van der Waals surface area contributed by atoms with Crippen LogP contribution in [0.25, 0.3) is 0 Å². The molecule has 0 saturated carbocycles. The first-order valence-electron chi connectivity index (χ1n) is 6.51. The minimum atomic E-state index is -0.833. The maximum absolute atomic E-state index is 10.3. The lowest BCUT2D eigenvalue weighted by atomic mass is 9.70. The van der Waals surface area contributed by atoms with Gasteiger partial charge in [-0.1, -0.05) is 45.4 Å². The molecule has 0 aliphatic heterocycles. The van der Waals surface area contributed by atoms with Gasteiger partial charge in [-0.15, -0.1) is 6.58 Å². The first-order valence-corrected chi connectivity index (χ1v) is 6.51. The molecule has 0 radical (unpaired) electrons. The summed E-state index contributed by atoms with van der Waals surface area (Å²) in [5, 5.41) is 17.7. The zero-order chi connectivity index (χ0) is 15.9. The molecule has 3 heteroatoms. The van der Waals surface area contributed by atoms with Gasteiger partial charge in [-0.2, -0.15) is 0 Å². The Morgan fingerprint density at radius 1 is 1.21 bits per heavy atom. The number of rotatable bonds is 5. The first-order chi connectivity index (χ1) is 8.36. The number of carboxylic acids is 1. The third kappa shape index (κ3) is 9.48. The van der Waals surface area contributed by atoms with Crippen molar-refractivity contribution in [3.63, 3.8) is 0 Å². The summed E-state index contributed by atoms with van der Waals surface area (Å²) in [4.78, 5) is 9.00. The van der Waals surface area contributed by atoms with Crippen LogP contribution in [0.15, 0.2) is 24.3 Å². The summed E-state index contributed by atoms with van der Waals surface area (Å²) in [6, 6.07) is 0. The minimum Gasteiger partial charge on any atom is -0.481 e. The quantitative estimate of drug-likeness (QED) is 0.741. The van der Waals surface area contributed by atoms with Crippen LogP contribution in [0.1, 0.15) is 54.9 Å². The molecule has 0 heterocycles. The highest BCUT2D eigenvalue weighted by atomic mass is 16.4. The first kappa shape index (κ1) is 20.2. The van der Waals surface area contributed by atoms with E-state index in [1.807, 2.05) is 19.9 Å². The smallest absolute Gasteiger partial charge is 0.300 e. The molecule has 0 aromatic rings. The van der Waals surface area contributed by atoms with Crippen LogP contribution in [0.5, 0.6) is 0 Å². The molecule has 0 rings (SSSR count). The Balaban J connectivity index is 0. The third-order valence-corrected chi connectivity index (χ3v) is 3.01. The summed E-state index contributed by atoms with van der Waals surface area (Å²) >= 11 is 0. The van der Waals surface area contributed by atoms with E-state index in [1.165, 1.54) is 5.57 Å². The molecule has 0 bridgehead atoms. The van der Waals surface area contributed by atoms with Gasteiger partial charge in [0.2, 0.25) is 0 Å². The summed E-state index contributed by atoms with van der Waals surface area (Å²) in [6.45, 7) is 17.3. The van der Waals surface area contributed by atoms with E-state index in [2.05, 4.69) is 40.3 Å². The van der Waals surface area contributed by atoms with Crippen molar-refractivity contribution >= 4 is 5.97 Å². The van der Waals surface area contributed by atoms with Crippen molar-refractivity contribution in [1.82, 2.24) is 0 Å². The van der Waals surface area contributed by atoms with E-state index in [0.29, 0.717) is 0 Å². The van der Waals surface area contributed by atoms with Crippen molar-refractivity contribution in [2.24, 2.45) is 10.8 Å². The lowest BCUT2D eigenvalue weighted by molar-refractivity contribution is -0.134. The molecular weight excluding hydrogens is 240 g/mol. The van der Waals surface area contributed by atoms with Crippen LogP contribution in [0, 0.1) is 10.8 Å². The average Bonchev–Trinajstić information content (AvgIpc) is 2.24. The van der Waals surface area contributed by atoms with Crippen molar-refractivity contribution in [2.75, 3.05) is 0 Å². The van der Waals surface area contributed by atoms with Crippen LogP contribution >= 0.6 is 0 Å². The number of aliphatic hydroxyl groups is 1. The lowest BCUT2D eigenvalue weighted by Gasteiger charge is -2.39. The van der Waals surface area contributed by atoms with E-state index in [4.69, 9.17) is 9.90 Å². The van der Waals surface area contributed by atoms with E-state index in [9.17, 15) is 5.11 Å². The maximum atomic E-state index is 10.3. The van der Waals surface area contributed by atoms with E-state index in [-0.39, 0.29) is 16.9 Å².